The summed E-state index contributed by atoms with van der Waals surface area (Å²) in [5.74, 6) is 0. The molecule has 0 spiro atoms. The second kappa shape index (κ2) is 12.0. The minimum Gasteiger partial charge on any atom is -0.322 e. The summed E-state index contributed by atoms with van der Waals surface area (Å²) in [6, 6.07) is 26.3. The van der Waals surface area contributed by atoms with Crippen molar-refractivity contribution in [2.45, 2.75) is 25.9 Å². The Kier molecular flexibility index (Phi) is 10.4. The first kappa shape index (κ1) is 25.2. The summed E-state index contributed by atoms with van der Waals surface area (Å²) < 4.78 is 25.8. The van der Waals surface area contributed by atoms with Gasteiger partial charge in [-0.15, -0.1) is 0 Å². The molecule has 0 saturated carbocycles. The van der Waals surface area contributed by atoms with E-state index >= 15 is 0 Å². The number of rotatable bonds is 5. The molecule has 6 heteroatoms. The average molecular weight is 498 g/mol. The molecule has 0 aliphatic heterocycles. The third-order valence-electron chi connectivity index (χ3n) is 4.22. The van der Waals surface area contributed by atoms with Crippen molar-refractivity contribution in [3.63, 3.8) is 0 Å². The molecule has 2 atom stereocenters. The van der Waals surface area contributed by atoms with Crippen molar-refractivity contribution in [2.24, 2.45) is 5.73 Å². The van der Waals surface area contributed by atoms with Crippen LogP contribution in [0.4, 0.5) is 0 Å². The van der Waals surface area contributed by atoms with Crippen LogP contribution in [0, 0.1) is 13.8 Å². The van der Waals surface area contributed by atoms with Crippen LogP contribution in [-0.2, 0) is 29.5 Å². The standard InChI is InChI=1S/C15H18N2O2S.C8H10.Ru/c1-20(18,19)17-15(13-10-6-3-7-11-13)14(16)12-8-4-2-5-9-12;1-7-4-3-5-8(2)6-7;/h2-11,14-15,17H,16H2,1H3;3-6H,1-2H3;/t14-,15-;;/m0../s1. The molecule has 0 amide bonds. The third kappa shape index (κ3) is 9.01. The maximum atomic E-state index is 11.6. The van der Waals surface area contributed by atoms with Crippen molar-refractivity contribution in [3.8, 4) is 0 Å². The van der Waals surface area contributed by atoms with E-state index in [2.05, 4.69) is 42.8 Å². The van der Waals surface area contributed by atoms with E-state index in [1.807, 2.05) is 60.7 Å². The van der Waals surface area contributed by atoms with E-state index in [9.17, 15) is 8.42 Å². The van der Waals surface area contributed by atoms with Gasteiger partial charge in [0.2, 0.25) is 10.0 Å². The van der Waals surface area contributed by atoms with Crippen LogP contribution >= 0.6 is 0 Å². The second-order valence-corrected chi connectivity index (χ2v) is 8.65. The minimum atomic E-state index is -3.35. The SMILES string of the molecule is CS(=O)(=O)N[C@@H](c1ccccc1)[C@@H](N)c1ccccc1.Cc1cccc(C)c1.[Ru]. The van der Waals surface area contributed by atoms with Crippen molar-refractivity contribution < 1.29 is 27.9 Å². The van der Waals surface area contributed by atoms with E-state index < -0.39 is 22.1 Å². The van der Waals surface area contributed by atoms with Crippen LogP contribution in [0.1, 0.15) is 34.3 Å². The summed E-state index contributed by atoms with van der Waals surface area (Å²) >= 11 is 0. The van der Waals surface area contributed by atoms with Gasteiger partial charge in [-0.1, -0.05) is 96.1 Å². The molecule has 3 N–H and O–H groups in total. The predicted molar refractivity (Wildman–Crippen MR) is 116 cm³/mol. The zero-order valence-corrected chi connectivity index (χ0v) is 19.4. The van der Waals surface area contributed by atoms with Gasteiger partial charge in [-0.2, -0.15) is 0 Å². The van der Waals surface area contributed by atoms with Gasteiger partial charge in [-0.25, -0.2) is 13.1 Å². The van der Waals surface area contributed by atoms with Crippen LogP contribution in [0.5, 0.6) is 0 Å². The van der Waals surface area contributed by atoms with Crippen LogP contribution in [0.25, 0.3) is 0 Å². The van der Waals surface area contributed by atoms with E-state index in [0.717, 1.165) is 17.4 Å². The Labute approximate surface area is 187 Å². The summed E-state index contributed by atoms with van der Waals surface area (Å²) in [7, 11) is -3.35. The van der Waals surface area contributed by atoms with Gasteiger partial charge in [0.05, 0.1) is 18.3 Å². The van der Waals surface area contributed by atoms with E-state index in [-0.39, 0.29) is 19.5 Å². The number of benzene rings is 3. The predicted octanol–water partition coefficient (Wildman–Crippen LogP) is 4.28. The van der Waals surface area contributed by atoms with Gasteiger partial charge in [-0.3, -0.25) is 0 Å². The molecule has 0 fully saturated rings. The van der Waals surface area contributed by atoms with Gasteiger partial charge < -0.3 is 5.73 Å². The summed E-state index contributed by atoms with van der Waals surface area (Å²) in [6.07, 6.45) is 1.14. The number of hydrogen-bond donors (Lipinski definition) is 2. The fraction of sp³-hybridized carbons (Fsp3) is 0.217. The first-order chi connectivity index (χ1) is 13.3. The molecule has 3 aromatic carbocycles. The van der Waals surface area contributed by atoms with Crippen LogP contribution in [0.2, 0.25) is 0 Å². The Balaban J connectivity index is 0.000000394. The molecule has 0 aromatic heterocycles. The van der Waals surface area contributed by atoms with E-state index in [1.54, 1.807) is 0 Å². The molecule has 29 heavy (non-hydrogen) atoms. The zero-order valence-electron chi connectivity index (χ0n) is 16.9. The van der Waals surface area contributed by atoms with Crippen LogP contribution in [-0.4, -0.2) is 14.7 Å². The number of aryl methyl sites for hydroxylation is 2. The Morgan fingerprint density at radius 3 is 1.59 bits per heavy atom. The number of nitrogens with one attached hydrogen (secondary N) is 1. The molecular formula is C23H28N2O2RuS. The molecule has 3 rings (SSSR count). The minimum absolute atomic E-state index is 0. The molecule has 0 heterocycles. The van der Waals surface area contributed by atoms with Crippen LogP contribution < -0.4 is 10.5 Å². The van der Waals surface area contributed by atoms with Gasteiger partial charge in [-0.05, 0) is 25.0 Å². The molecule has 0 unspecified atom stereocenters. The third-order valence-corrected chi connectivity index (χ3v) is 4.90. The molecule has 156 valence electrons. The van der Waals surface area contributed by atoms with Gasteiger partial charge in [0.15, 0.2) is 0 Å². The summed E-state index contributed by atoms with van der Waals surface area (Å²) in [6.45, 7) is 4.21. The van der Waals surface area contributed by atoms with Crippen LogP contribution in [0.3, 0.4) is 0 Å². The smallest absolute Gasteiger partial charge is 0.209 e. The van der Waals surface area contributed by atoms with Crippen molar-refractivity contribution >= 4 is 10.0 Å². The Morgan fingerprint density at radius 1 is 0.759 bits per heavy atom. The quantitative estimate of drug-likeness (QED) is 0.517. The Bertz CT molecular complexity index is 947. The Morgan fingerprint density at radius 2 is 1.21 bits per heavy atom. The molecule has 0 radical (unpaired) electrons. The number of sulfonamides is 1. The first-order valence-electron chi connectivity index (χ1n) is 9.12. The maximum Gasteiger partial charge on any atom is 0.209 e. The summed E-state index contributed by atoms with van der Waals surface area (Å²) in [5, 5.41) is 0. The largest absolute Gasteiger partial charge is 0.322 e. The van der Waals surface area contributed by atoms with Crippen molar-refractivity contribution in [1.82, 2.24) is 4.72 Å². The van der Waals surface area contributed by atoms with Crippen molar-refractivity contribution in [3.05, 3.63) is 107 Å². The van der Waals surface area contributed by atoms with Crippen molar-refractivity contribution in [1.29, 1.82) is 0 Å². The first-order valence-corrected chi connectivity index (χ1v) is 11.0. The molecule has 0 bridgehead atoms. The fourth-order valence-corrected chi connectivity index (χ4v) is 3.66. The molecule has 0 aliphatic rings. The maximum absolute atomic E-state index is 11.6. The molecule has 3 aromatic rings. The number of hydrogen-bond acceptors (Lipinski definition) is 3. The molecule has 4 nitrogen and oxygen atoms in total. The van der Waals surface area contributed by atoms with Gasteiger partial charge in [0.25, 0.3) is 0 Å². The van der Waals surface area contributed by atoms with Crippen molar-refractivity contribution in [2.75, 3.05) is 6.26 Å². The molecule has 0 aliphatic carbocycles. The summed E-state index contributed by atoms with van der Waals surface area (Å²) in [4.78, 5) is 0. The molecule has 0 saturated heterocycles. The monoisotopic (exact) mass is 498 g/mol. The van der Waals surface area contributed by atoms with Gasteiger partial charge in [0, 0.05) is 19.5 Å². The second-order valence-electron chi connectivity index (χ2n) is 6.87. The molecular weight excluding hydrogens is 469 g/mol. The zero-order chi connectivity index (χ0) is 20.6. The van der Waals surface area contributed by atoms with Gasteiger partial charge in [0.1, 0.15) is 0 Å². The fourth-order valence-electron chi connectivity index (χ4n) is 2.91. The van der Waals surface area contributed by atoms with E-state index in [0.29, 0.717) is 0 Å². The van der Waals surface area contributed by atoms with E-state index in [1.165, 1.54) is 11.1 Å². The van der Waals surface area contributed by atoms with Gasteiger partial charge >= 0.3 is 0 Å². The normalized spacial score (nSPS) is 12.7. The summed E-state index contributed by atoms with van der Waals surface area (Å²) in [5.41, 5.74) is 10.7. The topological polar surface area (TPSA) is 72.2 Å². The average Bonchev–Trinajstić information content (AvgIpc) is 2.67. The van der Waals surface area contributed by atoms with Crippen LogP contribution in [0.15, 0.2) is 84.9 Å². The van der Waals surface area contributed by atoms with E-state index in [4.69, 9.17) is 5.73 Å². The Hall–Kier alpha value is -1.85. The number of nitrogens with two attached hydrogens (primary N) is 1.